The summed E-state index contributed by atoms with van der Waals surface area (Å²) in [5, 5.41) is 1.54. The third-order valence-corrected chi connectivity index (χ3v) is 5.58. The standard InChI is InChI=1S/C24H25ClN4O3/c1-3-32-20-11-9-19(10-12-20)29(26)24-27-21-14-17(23(30)31-2)6-13-22(21)28(24)15-16-4-7-18(25)8-5-16/h4-7,9-14,18H,3,8,15,26H2,1-2H3. The molecule has 1 atom stereocenters. The number of rotatable bonds is 7. The fourth-order valence-corrected chi connectivity index (χ4v) is 3.79. The molecule has 0 aliphatic heterocycles. The molecular formula is C24H25ClN4O3. The van der Waals surface area contributed by atoms with Crippen LogP contribution in [0.25, 0.3) is 11.0 Å². The van der Waals surface area contributed by atoms with Crippen molar-refractivity contribution in [3.63, 3.8) is 0 Å². The minimum absolute atomic E-state index is 0.00947. The summed E-state index contributed by atoms with van der Waals surface area (Å²) in [4.78, 5) is 16.8. The van der Waals surface area contributed by atoms with Crippen molar-refractivity contribution in [2.75, 3.05) is 18.7 Å². The van der Waals surface area contributed by atoms with E-state index in [4.69, 9.17) is 31.9 Å². The lowest BCUT2D eigenvalue weighted by Crippen LogP contribution is -2.28. The van der Waals surface area contributed by atoms with Crippen LogP contribution >= 0.6 is 11.6 Å². The quantitative estimate of drug-likeness (QED) is 0.241. The first-order chi connectivity index (χ1) is 15.5. The SMILES string of the molecule is CCOc1ccc(N(N)c2nc3cc(C(=O)OC)ccc3n2CC2=CCC(Cl)C=C2)cc1. The number of benzene rings is 2. The second kappa shape index (κ2) is 9.46. The number of ether oxygens (including phenoxy) is 2. The van der Waals surface area contributed by atoms with Crippen LogP contribution in [0.3, 0.4) is 0 Å². The van der Waals surface area contributed by atoms with E-state index in [0.717, 1.165) is 28.9 Å². The van der Waals surface area contributed by atoms with Crippen molar-refractivity contribution >= 4 is 40.2 Å². The van der Waals surface area contributed by atoms with E-state index in [2.05, 4.69) is 6.08 Å². The number of carbonyl (C=O) groups is 1. The Hall–Kier alpha value is -3.29. The van der Waals surface area contributed by atoms with Gasteiger partial charge in [0.2, 0.25) is 5.95 Å². The molecule has 0 spiro atoms. The summed E-state index contributed by atoms with van der Waals surface area (Å²) in [5.41, 5.74) is 3.81. The summed E-state index contributed by atoms with van der Waals surface area (Å²) in [6, 6.07) is 12.8. The zero-order chi connectivity index (χ0) is 22.7. The number of hydrogen-bond acceptors (Lipinski definition) is 6. The highest BCUT2D eigenvalue weighted by molar-refractivity contribution is 6.22. The number of carbonyl (C=O) groups excluding carboxylic acids is 1. The smallest absolute Gasteiger partial charge is 0.337 e. The number of esters is 1. The van der Waals surface area contributed by atoms with Gasteiger partial charge in [0.05, 0.1) is 47.9 Å². The fourth-order valence-electron chi connectivity index (χ4n) is 3.63. The van der Waals surface area contributed by atoms with Gasteiger partial charge in [0.1, 0.15) is 5.75 Å². The molecule has 0 bridgehead atoms. The van der Waals surface area contributed by atoms with Crippen LogP contribution in [-0.4, -0.2) is 34.6 Å². The number of allylic oxidation sites excluding steroid dienone is 4. The molecule has 1 aliphatic rings. The molecule has 7 nitrogen and oxygen atoms in total. The van der Waals surface area contributed by atoms with Gasteiger partial charge in [-0.15, -0.1) is 11.6 Å². The number of alkyl halides is 1. The maximum absolute atomic E-state index is 12.0. The van der Waals surface area contributed by atoms with Crippen molar-refractivity contribution < 1.29 is 14.3 Å². The lowest BCUT2D eigenvalue weighted by molar-refractivity contribution is 0.0601. The molecule has 0 saturated heterocycles. The number of fused-ring (bicyclic) bond motifs is 1. The van der Waals surface area contributed by atoms with Crippen LogP contribution in [-0.2, 0) is 11.3 Å². The molecule has 4 rings (SSSR count). The van der Waals surface area contributed by atoms with Gasteiger partial charge in [-0.2, -0.15) is 0 Å². The lowest BCUT2D eigenvalue weighted by Gasteiger charge is -2.21. The number of hydrogen-bond donors (Lipinski definition) is 1. The molecule has 1 heterocycles. The first kappa shape index (κ1) is 21.9. The summed E-state index contributed by atoms with van der Waals surface area (Å²) >= 11 is 6.18. The van der Waals surface area contributed by atoms with Crippen molar-refractivity contribution in [1.82, 2.24) is 9.55 Å². The summed E-state index contributed by atoms with van der Waals surface area (Å²) in [6.07, 6.45) is 6.90. The van der Waals surface area contributed by atoms with E-state index in [9.17, 15) is 4.79 Å². The third-order valence-electron chi connectivity index (χ3n) is 5.26. The molecule has 2 N–H and O–H groups in total. The predicted octanol–water partition coefficient (Wildman–Crippen LogP) is 4.73. The van der Waals surface area contributed by atoms with E-state index < -0.39 is 5.97 Å². The molecule has 0 fully saturated rings. The molecule has 1 unspecified atom stereocenters. The summed E-state index contributed by atoms with van der Waals surface area (Å²) in [7, 11) is 1.36. The largest absolute Gasteiger partial charge is 0.494 e. The highest BCUT2D eigenvalue weighted by atomic mass is 35.5. The normalized spacial score (nSPS) is 15.5. The molecule has 1 aromatic heterocycles. The molecule has 0 saturated carbocycles. The molecule has 3 aromatic rings. The van der Waals surface area contributed by atoms with Crippen molar-refractivity contribution in [2.45, 2.75) is 25.3 Å². The van der Waals surface area contributed by atoms with Crippen LogP contribution in [0.5, 0.6) is 5.75 Å². The van der Waals surface area contributed by atoms with Crippen LogP contribution < -0.4 is 15.6 Å². The second-order valence-corrected chi connectivity index (χ2v) is 7.94. The average molecular weight is 453 g/mol. The maximum atomic E-state index is 12.0. The van der Waals surface area contributed by atoms with Crippen LogP contribution in [0.2, 0.25) is 0 Å². The van der Waals surface area contributed by atoms with Crippen LogP contribution in [0.15, 0.2) is 66.3 Å². The number of halogens is 1. The number of nitrogens with two attached hydrogens (primary N) is 1. The van der Waals surface area contributed by atoms with Gasteiger partial charge < -0.3 is 14.0 Å². The Bertz CT molecular complexity index is 1180. The van der Waals surface area contributed by atoms with E-state index in [-0.39, 0.29) is 5.38 Å². The van der Waals surface area contributed by atoms with Gasteiger partial charge in [0.25, 0.3) is 0 Å². The van der Waals surface area contributed by atoms with Gasteiger partial charge in [0.15, 0.2) is 0 Å². The predicted molar refractivity (Wildman–Crippen MR) is 126 cm³/mol. The van der Waals surface area contributed by atoms with Gasteiger partial charge in [-0.25, -0.2) is 20.6 Å². The van der Waals surface area contributed by atoms with Crippen molar-refractivity contribution in [2.24, 2.45) is 5.84 Å². The molecule has 8 heteroatoms. The Balaban J connectivity index is 1.76. The Morgan fingerprint density at radius 2 is 2.06 bits per heavy atom. The van der Waals surface area contributed by atoms with Crippen LogP contribution in [0.1, 0.15) is 23.7 Å². The zero-order valence-electron chi connectivity index (χ0n) is 18.0. The Kier molecular flexibility index (Phi) is 6.48. The summed E-state index contributed by atoms with van der Waals surface area (Å²) in [6.45, 7) is 3.10. The van der Waals surface area contributed by atoms with Gasteiger partial charge in [0, 0.05) is 0 Å². The number of methoxy groups -OCH3 is 1. The maximum Gasteiger partial charge on any atom is 0.337 e. The number of hydrazine groups is 1. The topological polar surface area (TPSA) is 82.6 Å². The van der Waals surface area contributed by atoms with Crippen LogP contribution in [0.4, 0.5) is 11.6 Å². The van der Waals surface area contributed by atoms with Crippen molar-refractivity contribution in [3.8, 4) is 5.75 Å². The average Bonchev–Trinajstić information content (AvgIpc) is 3.17. The van der Waals surface area contributed by atoms with Gasteiger partial charge in [-0.3, -0.25) is 0 Å². The monoisotopic (exact) mass is 452 g/mol. The molecule has 0 radical (unpaired) electrons. The highest BCUT2D eigenvalue weighted by Gasteiger charge is 2.19. The first-order valence-corrected chi connectivity index (χ1v) is 10.8. The minimum atomic E-state index is -0.412. The highest BCUT2D eigenvalue weighted by Crippen LogP contribution is 2.30. The van der Waals surface area contributed by atoms with Gasteiger partial charge in [-0.05, 0) is 61.4 Å². The molecule has 2 aromatic carbocycles. The lowest BCUT2D eigenvalue weighted by atomic mass is 10.1. The van der Waals surface area contributed by atoms with Crippen molar-refractivity contribution in [1.29, 1.82) is 0 Å². The number of imidazole rings is 1. The molecule has 32 heavy (non-hydrogen) atoms. The van der Waals surface area contributed by atoms with Crippen molar-refractivity contribution in [3.05, 3.63) is 71.8 Å². The van der Waals surface area contributed by atoms with E-state index in [1.807, 2.05) is 54.0 Å². The van der Waals surface area contributed by atoms with E-state index >= 15 is 0 Å². The fraction of sp³-hybridized carbons (Fsp3) is 0.250. The number of aromatic nitrogens is 2. The first-order valence-electron chi connectivity index (χ1n) is 10.4. The van der Waals surface area contributed by atoms with Gasteiger partial charge in [-0.1, -0.05) is 18.2 Å². The number of anilines is 2. The zero-order valence-corrected chi connectivity index (χ0v) is 18.7. The summed E-state index contributed by atoms with van der Waals surface area (Å²) in [5.74, 6) is 7.43. The van der Waals surface area contributed by atoms with E-state index in [1.54, 1.807) is 12.1 Å². The van der Waals surface area contributed by atoms with Gasteiger partial charge >= 0.3 is 5.97 Å². The van der Waals surface area contributed by atoms with E-state index in [0.29, 0.717) is 30.2 Å². The van der Waals surface area contributed by atoms with E-state index in [1.165, 1.54) is 12.1 Å². The Morgan fingerprint density at radius 1 is 1.28 bits per heavy atom. The third kappa shape index (κ3) is 4.49. The Labute approximate surface area is 191 Å². The molecule has 166 valence electrons. The van der Waals surface area contributed by atoms with Crippen LogP contribution in [0, 0.1) is 0 Å². The Morgan fingerprint density at radius 3 is 2.72 bits per heavy atom. The molecule has 1 aliphatic carbocycles. The molecule has 0 amide bonds. The summed E-state index contributed by atoms with van der Waals surface area (Å²) < 4.78 is 12.4. The molecular weight excluding hydrogens is 428 g/mol. The second-order valence-electron chi connectivity index (χ2n) is 7.38. The number of nitrogens with zero attached hydrogens (tertiary/aromatic N) is 3. The minimum Gasteiger partial charge on any atom is -0.494 e.